The van der Waals surface area contributed by atoms with Crippen LogP contribution in [-0.4, -0.2) is 34.4 Å². The van der Waals surface area contributed by atoms with Crippen LogP contribution in [0.4, 0.5) is 0 Å². The predicted octanol–water partition coefficient (Wildman–Crippen LogP) is -1.76. The fourth-order valence-corrected chi connectivity index (χ4v) is 3.24. The number of rotatable bonds is 4. The molecule has 0 amide bonds. The first-order valence-corrected chi connectivity index (χ1v) is 8.52. The van der Waals surface area contributed by atoms with E-state index >= 15 is 0 Å². The number of methoxy groups -OCH3 is 2. The Labute approximate surface area is 180 Å². The Bertz CT molecular complexity index is 1080. The van der Waals surface area contributed by atoms with Crippen LogP contribution in [0.25, 0.3) is 21.8 Å². The summed E-state index contributed by atoms with van der Waals surface area (Å²) in [5.74, 6) is 1.01. The highest BCUT2D eigenvalue weighted by Crippen LogP contribution is 2.34. The van der Waals surface area contributed by atoms with Gasteiger partial charge in [-0.2, -0.15) is 0 Å². The number of ether oxygens (including phenoxy) is 2. The van der Waals surface area contributed by atoms with Gasteiger partial charge >= 0.3 is 0 Å². The van der Waals surface area contributed by atoms with Crippen molar-refractivity contribution in [2.45, 2.75) is 6.42 Å². The monoisotopic (exact) mass is 434 g/mol. The van der Waals surface area contributed by atoms with Crippen molar-refractivity contribution in [3.05, 3.63) is 59.9 Å². The highest BCUT2D eigenvalue weighted by atomic mass is 35.5. The summed E-state index contributed by atoms with van der Waals surface area (Å²) in [5.41, 5.74) is 3.06. The van der Waals surface area contributed by atoms with Crippen molar-refractivity contribution in [3.8, 4) is 23.0 Å². The van der Waals surface area contributed by atoms with Crippen LogP contribution in [0.15, 0.2) is 48.5 Å². The summed E-state index contributed by atoms with van der Waals surface area (Å²) in [6.07, 6.45) is 0.569. The number of fused-ring (bicyclic) bond motifs is 2. The molecule has 4 rings (SSSR count). The number of benzene rings is 2. The molecular formula is C21H20Cl2N2O4. The number of aromatic nitrogens is 2. The summed E-state index contributed by atoms with van der Waals surface area (Å²) < 4.78 is 10.4. The zero-order valence-electron chi connectivity index (χ0n) is 15.8. The Kier molecular flexibility index (Phi) is 6.95. The number of phenols is 2. The molecule has 152 valence electrons. The van der Waals surface area contributed by atoms with Gasteiger partial charge in [0.1, 0.15) is 28.6 Å². The molecule has 2 aromatic heterocycles. The van der Waals surface area contributed by atoms with Crippen LogP contribution in [0.1, 0.15) is 11.4 Å². The molecule has 0 spiro atoms. The number of hydrogen-bond acceptors (Lipinski definition) is 4. The van der Waals surface area contributed by atoms with E-state index in [-0.39, 0.29) is 36.3 Å². The lowest BCUT2D eigenvalue weighted by atomic mass is 10.1. The standard InChI is InChI=1S/C21H18N2O4.2ClH/c1-26-16-9-5-12-3-7-14(22-18(12)20(16)24)11-15-8-4-13-6-10-17(27-2)21(25)19(13)23-15;;/h3-10,22-23H,11H2,1-2H3;2*1H. The Hall–Kier alpha value is -2.96. The van der Waals surface area contributed by atoms with Gasteiger partial charge in [-0.05, 0) is 24.3 Å². The molecule has 0 atom stereocenters. The molecule has 29 heavy (non-hydrogen) atoms. The smallest absolute Gasteiger partial charge is 0.241 e. The average Bonchev–Trinajstić information content (AvgIpc) is 2.69. The largest absolute Gasteiger partial charge is 1.00 e. The van der Waals surface area contributed by atoms with Crippen LogP contribution in [0.5, 0.6) is 23.0 Å². The second kappa shape index (κ2) is 9.03. The minimum Gasteiger partial charge on any atom is -1.00 e. The fourth-order valence-electron chi connectivity index (χ4n) is 3.24. The Balaban J connectivity index is 0.00000150. The molecule has 0 fully saturated rings. The van der Waals surface area contributed by atoms with E-state index in [2.05, 4.69) is 9.97 Å². The molecule has 4 aromatic rings. The minimum atomic E-state index is 0. The lowest BCUT2D eigenvalue weighted by Gasteiger charge is -2.04. The van der Waals surface area contributed by atoms with Gasteiger partial charge in [0.15, 0.2) is 22.5 Å². The summed E-state index contributed by atoms with van der Waals surface area (Å²) in [6.45, 7) is 0. The van der Waals surface area contributed by atoms with E-state index in [1.807, 2.05) is 36.4 Å². The molecule has 0 saturated heterocycles. The van der Waals surface area contributed by atoms with E-state index < -0.39 is 0 Å². The molecule has 6 nitrogen and oxygen atoms in total. The van der Waals surface area contributed by atoms with Crippen LogP contribution < -0.4 is 34.3 Å². The average molecular weight is 435 g/mol. The molecule has 2 heterocycles. The molecule has 0 radical (unpaired) electrons. The SMILES string of the molecule is COc1ccc2cc[c+](C[c+]3ccc4ccc(OC)c(O)c4[nH]3)[nH]c2c1O.[Cl-].[Cl-]. The molecule has 2 aromatic carbocycles. The van der Waals surface area contributed by atoms with Gasteiger partial charge in [0.2, 0.25) is 11.5 Å². The molecule has 0 aliphatic rings. The van der Waals surface area contributed by atoms with Crippen LogP contribution in [0.3, 0.4) is 0 Å². The molecule has 4 N–H and O–H groups in total. The number of H-pyrrole nitrogens is 2. The third kappa shape index (κ3) is 4.09. The third-order valence-corrected chi connectivity index (χ3v) is 4.67. The molecule has 0 aliphatic heterocycles. The maximum absolute atomic E-state index is 10.4. The van der Waals surface area contributed by atoms with E-state index in [0.29, 0.717) is 29.0 Å². The number of pyridine rings is 2. The molecule has 0 bridgehead atoms. The lowest BCUT2D eigenvalue weighted by Crippen LogP contribution is -3.00. The lowest BCUT2D eigenvalue weighted by molar-refractivity contribution is -0.00100. The first-order valence-electron chi connectivity index (χ1n) is 8.52. The van der Waals surface area contributed by atoms with Gasteiger partial charge in [-0.1, -0.05) is 0 Å². The number of aromatic hydroxyl groups is 2. The predicted molar refractivity (Wildman–Crippen MR) is 105 cm³/mol. The van der Waals surface area contributed by atoms with Crippen LogP contribution in [-0.2, 0) is 6.42 Å². The zero-order valence-corrected chi connectivity index (χ0v) is 17.3. The summed E-state index contributed by atoms with van der Waals surface area (Å²) >= 11 is 0. The van der Waals surface area contributed by atoms with Crippen molar-refractivity contribution in [3.63, 3.8) is 0 Å². The van der Waals surface area contributed by atoms with Crippen molar-refractivity contribution < 1.29 is 44.5 Å². The number of aromatic amines is 2. The van der Waals surface area contributed by atoms with Gasteiger partial charge in [0, 0.05) is 0 Å². The molecule has 0 aliphatic carbocycles. The summed E-state index contributed by atoms with van der Waals surface area (Å²) in [6, 6.07) is 15.1. The number of hydrogen-bond donors (Lipinski definition) is 4. The first-order chi connectivity index (χ1) is 13.1. The maximum atomic E-state index is 10.4. The summed E-state index contributed by atoms with van der Waals surface area (Å²) in [5, 5.41) is 22.5. The third-order valence-electron chi connectivity index (χ3n) is 4.67. The van der Waals surface area contributed by atoms with E-state index in [9.17, 15) is 10.2 Å². The van der Waals surface area contributed by atoms with Crippen LogP contribution in [0.2, 0.25) is 0 Å². The van der Waals surface area contributed by atoms with Crippen molar-refractivity contribution >= 4 is 21.8 Å². The Morgan fingerprint density at radius 3 is 1.52 bits per heavy atom. The normalized spacial score (nSPS) is 10.3. The van der Waals surface area contributed by atoms with Crippen LogP contribution in [0, 0.1) is 0 Å². The Morgan fingerprint density at radius 2 is 1.14 bits per heavy atom. The van der Waals surface area contributed by atoms with E-state index in [0.717, 1.165) is 22.2 Å². The molecular weight excluding hydrogens is 415 g/mol. The van der Waals surface area contributed by atoms with Gasteiger partial charge in [-0.15, -0.1) is 0 Å². The van der Waals surface area contributed by atoms with E-state index in [4.69, 9.17) is 9.47 Å². The minimum absolute atomic E-state index is 0. The molecule has 8 heteroatoms. The zero-order chi connectivity index (χ0) is 19.0. The number of phenolic OH excluding ortho intramolecular Hbond substituents is 2. The van der Waals surface area contributed by atoms with Gasteiger partial charge in [0.05, 0.1) is 38.5 Å². The van der Waals surface area contributed by atoms with Crippen molar-refractivity contribution in [2.75, 3.05) is 14.2 Å². The van der Waals surface area contributed by atoms with Crippen molar-refractivity contribution in [1.82, 2.24) is 9.97 Å². The van der Waals surface area contributed by atoms with Crippen LogP contribution >= 0.6 is 0 Å². The van der Waals surface area contributed by atoms with Crippen molar-refractivity contribution in [2.24, 2.45) is 0 Å². The number of nitrogens with one attached hydrogen (secondary N) is 2. The quantitative estimate of drug-likeness (QED) is 0.286. The van der Waals surface area contributed by atoms with Crippen molar-refractivity contribution in [1.29, 1.82) is 0 Å². The van der Waals surface area contributed by atoms with E-state index in [1.165, 1.54) is 14.2 Å². The number of halogens is 2. The first kappa shape index (κ1) is 22.3. The molecule has 0 unspecified atom stereocenters. The topological polar surface area (TPSA) is 90.5 Å². The van der Waals surface area contributed by atoms with E-state index in [1.54, 1.807) is 12.1 Å². The molecule has 0 saturated carbocycles. The second-order valence-corrected chi connectivity index (χ2v) is 6.31. The van der Waals surface area contributed by atoms with Gasteiger partial charge < -0.3 is 44.5 Å². The van der Waals surface area contributed by atoms with Gasteiger partial charge in [-0.25, -0.2) is 9.97 Å². The maximum Gasteiger partial charge on any atom is 0.241 e. The highest BCUT2D eigenvalue weighted by molar-refractivity contribution is 5.88. The van der Waals surface area contributed by atoms with Gasteiger partial charge in [-0.3, -0.25) is 0 Å². The second-order valence-electron chi connectivity index (χ2n) is 6.31. The summed E-state index contributed by atoms with van der Waals surface area (Å²) in [4.78, 5) is 6.53. The summed E-state index contributed by atoms with van der Waals surface area (Å²) in [7, 11) is 3.05. The highest BCUT2D eigenvalue weighted by Gasteiger charge is 2.18. The van der Waals surface area contributed by atoms with Gasteiger partial charge in [0.25, 0.3) is 0 Å². The Morgan fingerprint density at radius 1 is 0.724 bits per heavy atom. The fraction of sp³-hybridized carbons (Fsp3) is 0.143.